The molecule has 6 nitrogen and oxygen atoms in total. The summed E-state index contributed by atoms with van der Waals surface area (Å²) in [4.78, 5) is 32.6. The van der Waals surface area contributed by atoms with Crippen LogP contribution in [0, 0.1) is 0 Å². The van der Waals surface area contributed by atoms with Crippen LogP contribution in [0.25, 0.3) is 0 Å². The van der Waals surface area contributed by atoms with E-state index in [4.69, 9.17) is 9.84 Å². The van der Waals surface area contributed by atoms with Gasteiger partial charge in [0.25, 0.3) is 0 Å². The Morgan fingerprint density at radius 1 is 1.32 bits per heavy atom. The number of ether oxygens (including phenoxy) is 1. The quantitative estimate of drug-likeness (QED) is 0.581. The van der Waals surface area contributed by atoms with Crippen LogP contribution in [0.3, 0.4) is 0 Å². The summed E-state index contributed by atoms with van der Waals surface area (Å²) in [5, 5.41) is 8.44. The third-order valence-electron chi connectivity index (χ3n) is 2.17. The van der Waals surface area contributed by atoms with E-state index in [-0.39, 0.29) is 11.8 Å². The first-order valence-electron chi connectivity index (χ1n) is 6.00. The second-order valence-electron chi connectivity index (χ2n) is 5.05. The maximum absolute atomic E-state index is 10.6. The molecule has 1 aliphatic heterocycles. The zero-order chi connectivity index (χ0) is 15.1. The van der Waals surface area contributed by atoms with Gasteiger partial charge in [0, 0.05) is 32.0 Å². The van der Waals surface area contributed by atoms with Gasteiger partial charge in [-0.25, -0.2) is 9.59 Å². The van der Waals surface area contributed by atoms with Crippen molar-refractivity contribution in [3.8, 4) is 0 Å². The van der Waals surface area contributed by atoms with Crippen LogP contribution in [0.2, 0.25) is 0 Å². The number of amides is 1. The van der Waals surface area contributed by atoms with Gasteiger partial charge in [0.2, 0.25) is 0 Å². The van der Waals surface area contributed by atoms with Crippen molar-refractivity contribution in [3.05, 3.63) is 12.7 Å². The minimum atomic E-state index is -0.924. The monoisotopic (exact) mass is 271 g/mol. The Labute approximate surface area is 113 Å². The molecule has 1 aliphatic rings. The van der Waals surface area contributed by atoms with Crippen LogP contribution in [0.4, 0.5) is 4.79 Å². The number of piperidine rings is 1. The molecular formula is C13H21NO5. The highest BCUT2D eigenvalue weighted by molar-refractivity contribution is 5.81. The molecule has 6 heteroatoms. The fourth-order valence-corrected chi connectivity index (χ4v) is 1.29. The average Bonchev–Trinajstić information content (AvgIpc) is 2.28. The second kappa shape index (κ2) is 7.56. The fraction of sp³-hybridized carbons (Fsp3) is 0.615. The molecule has 0 spiro atoms. The number of hydrogen-bond donors (Lipinski definition) is 1. The van der Waals surface area contributed by atoms with Crippen LogP contribution in [0.5, 0.6) is 0 Å². The lowest BCUT2D eigenvalue weighted by Gasteiger charge is -2.22. The molecule has 0 atom stereocenters. The Balaban J connectivity index is 0.000000344. The SMILES string of the molecule is C=CC(=O)OC(C)(C)C.O=C1CCN(C(=O)O)CC1. The van der Waals surface area contributed by atoms with Crippen molar-refractivity contribution >= 4 is 17.8 Å². The zero-order valence-electron chi connectivity index (χ0n) is 11.6. The molecular weight excluding hydrogens is 250 g/mol. The van der Waals surface area contributed by atoms with Gasteiger partial charge in [0.05, 0.1) is 0 Å². The summed E-state index contributed by atoms with van der Waals surface area (Å²) in [6, 6.07) is 0. The van der Waals surface area contributed by atoms with Crippen LogP contribution in [-0.4, -0.2) is 46.5 Å². The van der Waals surface area contributed by atoms with Crippen molar-refractivity contribution in [2.75, 3.05) is 13.1 Å². The van der Waals surface area contributed by atoms with Gasteiger partial charge in [-0.15, -0.1) is 0 Å². The van der Waals surface area contributed by atoms with Gasteiger partial charge in [-0.05, 0) is 20.8 Å². The van der Waals surface area contributed by atoms with E-state index in [9.17, 15) is 14.4 Å². The first kappa shape index (κ1) is 17.2. The molecule has 1 saturated heterocycles. The third-order valence-corrected chi connectivity index (χ3v) is 2.17. The van der Waals surface area contributed by atoms with E-state index in [0.29, 0.717) is 25.9 Å². The minimum Gasteiger partial charge on any atom is -0.465 e. The summed E-state index contributed by atoms with van der Waals surface area (Å²) in [6.45, 7) is 9.45. The molecule has 0 radical (unpaired) electrons. The largest absolute Gasteiger partial charge is 0.465 e. The van der Waals surface area contributed by atoms with Gasteiger partial charge in [-0.1, -0.05) is 6.58 Å². The van der Waals surface area contributed by atoms with E-state index in [1.54, 1.807) is 0 Å². The molecule has 1 heterocycles. The Morgan fingerprint density at radius 3 is 2.05 bits per heavy atom. The molecule has 1 rings (SSSR count). The number of esters is 1. The second-order valence-corrected chi connectivity index (χ2v) is 5.05. The molecule has 0 bridgehead atoms. The van der Waals surface area contributed by atoms with Gasteiger partial charge in [-0.2, -0.15) is 0 Å². The lowest BCUT2D eigenvalue weighted by Crippen LogP contribution is -2.37. The number of likely N-dealkylation sites (tertiary alicyclic amines) is 1. The molecule has 108 valence electrons. The normalized spacial score (nSPS) is 15.1. The van der Waals surface area contributed by atoms with Crippen molar-refractivity contribution in [1.29, 1.82) is 0 Å². The van der Waals surface area contributed by atoms with Crippen molar-refractivity contribution in [2.24, 2.45) is 0 Å². The highest BCUT2D eigenvalue weighted by atomic mass is 16.6. The summed E-state index contributed by atoms with van der Waals surface area (Å²) in [6.07, 6.45) is 0.997. The molecule has 1 fully saturated rings. The van der Waals surface area contributed by atoms with Gasteiger partial charge < -0.3 is 14.7 Å². The molecule has 0 aliphatic carbocycles. The van der Waals surface area contributed by atoms with Gasteiger partial charge in [0.1, 0.15) is 11.4 Å². The summed E-state index contributed by atoms with van der Waals surface area (Å²) in [5.74, 6) is -0.208. The summed E-state index contributed by atoms with van der Waals surface area (Å²) in [7, 11) is 0. The first-order valence-corrected chi connectivity index (χ1v) is 6.00. The summed E-state index contributed by atoms with van der Waals surface area (Å²) < 4.78 is 4.83. The number of Topliss-reactive ketones (excluding diaryl/α,β-unsaturated/α-hetero) is 1. The Hall–Kier alpha value is -1.85. The minimum absolute atomic E-state index is 0.164. The van der Waals surface area contributed by atoms with E-state index in [1.807, 2.05) is 20.8 Å². The van der Waals surface area contributed by atoms with E-state index >= 15 is 0 Å². The van der Waals surface area contributed by atoms with Crippen molar-refractivity contribution in [2.45, 2.75) is 39.2 Å². The first-order chi connectivity index (χ1) is 8.65. The Kier molecular flexibility index (Phi) is 6.82. The van der Waals surface area contributed by atoms with Crippen molar-refractivity contribution < 1.29 is 24.2 Å². The summed E-state index contributed by atoms with van der Waals surface area (Å²) >= 11 is 0. The van der Waals surface area contributed by atoms with Crippen molar-refractivity contribution in [1.82, 2.24) is 4.90 Å². The smallest absolute Gasteiger partial charge is 0.407 e. The predicted octanol–water partition coefficient (Wildman–Crippen LogP) is 1.84. The lowest BCUT2D eigenvalue weighted by atomic mass is 10.1. The van der Waals surface area contributed by atoms with Crippen LogP contribution in [0.1, 0.15) is 33.6 Å². The predicted molar refractivity (Wildman–Crippen MR) is 69.9 cm³/mol. The summed E-state index contributed by atoms with van der Waals surface area (Å²) in [5.41, 5.74) is -0.398. The fourth-order valence-electron chi connectivity index (χ4n) is 1.29. The van der Waals surface area contributed by atoms with Crippen LogP contribution in [0.15, 0.2) is 12.7 Å². The number of carboxylic acid groups (broad SMARTS) is 1. The van der Waals surface area contributed by atoms with E-state index in [0.717, 1.165) is 6.08 Å². The van der Waals surface area contributed by atoms with Gasteiger partial charge in [-0.3, -0.25) is 4.79 Å². The molecule has 1 N–H and O–H groups in total. The van der Waals surface area contributed by atoms with E-state index in [1.165, 1.54) is 4.90 Å². The average molecular weight is 271 g/mol. The van der Waals surface area contributed by atoms with Crippen LogP contribution in [-0.2, 0) is 14.3 Å². The molecule has 0 aromatic heterocycles. The maximum atomic E-state index is 10.6. The molecule has 0 saturated carbocycles. The Bertz CT molecular complexity index is 347. The number of nitrogens with zero attached hydrogens (tertiary/aromatic N) is 1. The number of hydrogen-bond acceptors (Lipinski definition) is 4. The lowest BCUT2D eigenvalue weighted by molar-refractivity contribution is -0.148. The molecule has 0 aromatic rings. The zero-order valence-corrected chi connectivity index (χ0v) is 11.6. The highest BCUT2D eigenvalue weighted by Gasteiger charge is 2.19. The number of ketones is 1. The van der Waals surface area contributed by atoms with E-state index in [2.05, 4.69) is 6.58 Å². The van der Waals surface area contributed by atoms with Gasteiger partial charge in [0.15, 0.2) is 0 Å². The topological polar surface area (TPSA) is 83.9 Å². The number of carbonyl (C=O) groups excluding carboxylic acids is 2. The molecule has 0 aromatic carbocycles. The molecule has 0 unspecified atom stereocenters. The third kappa shape index (κ3) is 8.82. The standard InChI is InChI=1S/C7H12O2.C6H9NO3/c1-5-6(8)9-7(2,3)4;8-5-1-3-7(4-2-5)6(9)10/h5H,1H2,2-4H3;1-4H2,(H,9,10). The van der Waals surface area contributed by atoms with Crippen LogP contribution >= 0.6 is 0 Å². The van der Waals surface area contributed by atoms with Gasteiger partial charge >= 0.3 is 12.1 Å². The van der Waals surface area contributed by atoms with E-state index < -0.39 is 11.7 Å². The number of carbonyl (C=O) groups is 3. The number of rotatable bonds is 1. The molecule has 19 heavy (non-hydrogen) atoms. The van der Waals surface area contributed by atoms with Crippen molar-refractivity contribution in [3.63, 3.8) is 0 Å². The maximum Gasteiger partial charge on any atom is 0.407 e. The Morgan fingerprint density at radius 2 is 1.79 bits per heavy atom. The highest BCUT2D eigenvalue weighted by Crippen LogP contribution is 2.06. The molecule has 1 amide bonds. The van der Waals surface area contributed by atoms with Crippen LogP contribution < -0.4 is 0 Å².